The van der Waals surface area contributed by atoms with E-state index in [1.807, 2.05) is 0 Å². The fraction of sp³-hybridized carbons (Fsp3) is 0.667. The Kier molecular flexibility index (Phi) is 3.02. The van der Waals surface area contributed by atoms with Crippen LogP contribution >= 0.6 is 0 Å². The lowest BCUT2D eigenvalue weighted by molar-refractivity contribution is -0.143. The lowest BCUT2D eigenvalue weighted by Crippen LogP contribution is -2.35. The number of aliphatic hydroxyl groups is 2. The Labute approximate surface area is 112 Å². The second-order valence-corrected chi connectivity index (χ2v) is 6.03. The van der Waals surface area contributed by atoms with E-state index < -0.39 is 6.10 Å². The first-order chi connectivity index (χ1) is 9.04. The molecule has 4 heteroatoms. The molecule has 1 saturated heterocycles. The second-order valence-electron chi connectivity index (χ2n) is 6.03. The van der Waals surface area contributed by atoms with Crippen LogP contribution in [0.1, 0.15) is 19.3 Å². The summed E-state index contributed by atoms with van der Waals surface area (Å²) in [6.45, 7) is 7.89. The zero-order valence-electron chi connectivity index (χ0n) is 10.9. The van der Waals surface area contributed by atoms with Crippen molar-refractivity contribution in [2.45, 2.75) is 31.5 Å². The van der Waals surface area contributed by atoms with E-state index in [0.29, 0.717) is 12.0 Å². The summed E-state index contributed by atoms with van der Waals surface area (Å²) in [6, 6.07) is 0. The molecule has 3 fully saturated rings. The molecule has 0 amide bonds. The first-order valence-electron chi connectivity index (χ1n) is 6.91. The van der Waals surface area contributed by atoms with Crippen LogP contribution in [0.25, 0.3) is 0 Å². The van der Waals surface area contributed by atoms with Gasteiger partial charge in [-0.25, -0.2) is 4.79 Å². The third-order valence-electron chi connectivity index (χ3n) is 5.19. The smallest absolute Gasteiger partial charge is 0.334 e. The van der Waals surface area contributed by atoms with Crippen LogP contribution in [-0.4, -0.2) is 35.0 Å². The normalized spacial score (nSPS) is 45.7. The summed E-state index contributed by atoms with van der Waals surface area (Å²) in [7, 11) is 0. The van der Waals surface area contributed by atoms with Gasteiger partial charge in [-0.1, -0.05) is 18.7 Å². The van der Waals surface area contributed by atoms with E-state index in [9.17, 15) is 15.0 Å². The van der Waals surface area contributed by atoms with Gasteiger partial charge in [-0.3, -0.25) is 0 Å². The average molecular weight is 264 g/mol. The number of hydrogen-bond donors (Lipinski definition) is 2. The minimum absolute atomic E-state index is 0.0126. The van der Waals surface area contributed by atoms with Crippen LogP contribution in [0.5, 0.6) is 0 Å². The monoisotopic (exact) mass is 264 g/mol. The predicted octanol–water partition coefficient (Wildman–Crippen LogP) is 1.04. The highest BCUT2D eigenvalue weighted by Gasteiger charge is 2.55. The molecule has 4 nitrogen and oxygen atoms in total. The quantitative estimate of drug-likeness (QED) is 0.422. The molecule has 1 aliphatic heterocycles. The van der Waals surface area contributed by atoms with E-state index >= 15 is 0 Å². The van der Waals surface area contributed by atoms with Gasteiger partial charge in [0.2, 0.25) is 0 Å². The molecule has 0 spiro atoms. The van der Waals surface area contributed by atoms with E-state index in [2.05, 4.69) is 13.2 Å². The fourth-order valence-electron chi connectivity index (χ4n) is 4.14. The molecule has 1 heterocycles. The summed E-state index contributed by atoms with van der Waals surface area (Å²) >= 11 is 0. The number of fused-ring (bicyclic) bond motifs is 3. The average Bonchev–Trinajstić information content (AvgIpc) is 2.81. The largest absolute Gasteiger partial charge is 0.458 e. The number of hydrogen-bond acceptors (Lipinski definition) is 4. The maximum absolute atomic E-state index is 11.7. The van der Waals surface area contributed by atoms with Crippen LogP contribution in [-0.2, 0) is 9.53 Å². The summed E-state index contributed by atoms with van der Waals surface area (Å²) < 4.78 is 5.50. The second kappa shape index (κ2) is 4.46. The van der Waals surface area contributed by atoms with Crippen molar-refractivity contribution in [3.8, 4) is 0 Å². The van der Waals surface area contributed by atoms with Crippen molar-refractivity contribution in [2.24, 2.45) is 23.7 Å². The molecule has 2 N–H and O–H groups in total. The molecule has 19 heavy (non-hydrogen) atoms. The zero-order chi connectivity index (χ0) is 13.7. The van der Waals surface area contributed by atoms with Crippen molar-refractivity contribution >= 4 is 5.97 Å². The Morgan fingerprint density at radius 1 is 1.32 bits per heavy atom. The molecule has 3 aliphatic rings. The Balaban J connectivity index is 1.99. The van der Waals surface area contributed by atoms with Gasteiger partial charge in [-0.2, -0.15) is 0 Å². The lowest BCUT2D eigenvalue weighted by atomic mass is 9.79. The van der Waals surface area contributed by atoms with Gasteiger partial charge in [0.05, 0.1) is 6.10 Å². The van der Waals surface area contributed by atoms with Gasteiger partial charge in [0.1, 0.15) is 6.10 Å². The molecule has 0 aromatic heterocycles. The molecule has 0 bridgehead atoms. The number of carbonyl (C=O) groups is 1. The Bertz CT molecular complexity index is 441. The third kappa shape index (κ3) is 1.77. The number of allylic oxidation sites excluding steroid dienone is 1. The summed E-state index contributed by atoms with van der Waals surface area (Å²) in [6.07, 6.45) is 1.49. The summed E-state index contributed by atoms with van der Waals surface area (Å²) in [5, 5.41) is 19.7. The molecule has 0 aromatic carbocycles. The fourth-order valence-corrected chi connectivity index (χ4v) is 4.14. The number of esters is 1. The minimum atomic E-state index is -0.539. The van der Waals surface area contributed by atoms with E-state index in [4.69, 9.17) is 4.74 Å². The topological polar surface area (TPSA) is 66.8 Å². The van der Waals surface area contributed by atoms with Crippen LogP contribution in [0.4, 0.5) is 0 Å². The Morgan fingerprint density at radius 2 is 2.05 bits per heavy atom. The number of rotatable bonds is 1. The van der Waals surface area contributed by atoms with Crippen molar-refractivity contribution in [1.29, 1.82) is 0 Å². The number of aliphatic hydroxyl groups excluding tert-OH is 2. The third-order valence-corrected chi connectivity index (χ3v) is 5.19. The van der Waals surface area contributed by atoms with Gasteiger partial charge in [0.15, 0.2) is 0 Å². The van der Waals surface area contributed by atoms with Gasteiger partial charge in [0.25, 0.3) is 0 Å². The van der Waals surface area contributed by atoms with Crippen molar-refractivity contribution in [1.82, 2.24) is 0 Å². The molecule has 0 unspecified atom stereocenters. The van der Waals surface area contributed by atoms with Gasteiger partial charge < -0.3 is 14.9 Å². The first kappa shape index (κ1) is 12.9. The van der Waals surface area contributed by atoms with Crippen LogP contribution in [0, 0.1) is 23.7 Å². The maximum atomic E-state index is 11.7. The standard InChI is InChI=1S/C15H20O4/c1-7-3-4-9-8(2)15(18)19-14(9)13-10(7)5-12(17)11(13)6-16/h9-14,16-17H,1-6H2/t9-,10-,11+,12-,13-,14-/m0/s1. The van der Waals surface area contributed by atoms with Crippen molar-refractivity contribution < 1.29 is 19.7 Å². The number of ether oxygens (including phenoxy) is 1. The highest BCUT2D eigenvalue weighted by atomic mass is 16.6. The van der Waals surface area contributed by atoms with Crippen molar-refractivity contribution in [3.63, 3.8) is 0 Å². The molecule has 2 aliphatic carbocycles. The molecular weight excluding hydrogens is 244 g/mol. The molecule has 0 radical (unpaired) electrons. The molecule has 104 valence electrons. The Hall–Kier alpha value is -1.13. The highest BCUT2D eigenvalue weighted by molar-refractivity contribution is 5.90. The molecular formula is C15H20O4. The van der Waals surface area contributed by atoms with E-state index in [-0.39, 0.29) is 42.4 Å². The highest BCUT2D eigenvalue weighted by Crippen LogP contribution is 2.52. The SMILES string of the molecule is C=C1C(=O)O[C@@H]2[C@@H]3[C@H](CO)[C@@H](O)C[C@H]3C(=C)CC[C@@H]12. The van der Waals surface area contributed by atoms with Gasteiger partial charge in [-0.05, 0) is 25.2 Å². The van der Waals surface area contributed by atoms with E-state index in [0.717, 1.165) is 18.4 Å². The molecule has 3 rings (SSSR count). The first-order valence-corrected chi connectivity index (χ1v) is 6.91. The van der Waals surface area contributed by atoms with Crippen LogP contribution in [0.3, 0.4) is 0 Å². The van der Waals surface area contributed by atoms with Crippen LogP contribution < -0.4 is 0 Å². The van der Waals surface area contributed by atoms with Crippen LogP contribution in [0.2, 0.25) is 0 Å². The minimum Gasteiger partial charge on any atom is -0.458 e. The van der Waals surface area contributed by atoms with Gasteiger partial charge in [0, 0.05) is 29.9 Å². The Morgan fingerprint density at radius 3 is 2.74 bits per heavy atom. The zero-order valence-corrected chi connectivity index (χ0v) is 10.9. The van der Waals surface area contributed by atoms with Crippen LogP contribution in [0.15, 0.2) is 24.3 Å². The lowest BCUT2D eigenvalue weighted by Gasteiger charge is -2.29. The summed E-state index contributed by atoms with van der Waals surface area (Å²) in [4.78, 5) is 11.7. The van der Waals surface area contributed by atoms with E-state index in [1.54, 1.807) is 0 Å². The number of carbonyl (C=O) groups excluding carboxylic acids is 1. The van der Waals surface area contributed by atoms with Crippen molar-refractivity contribution in [3.05, 3.63) is 24.3 Å². The molecule has 6 atom stereocenters. The van der Waals surface area contributed by atoms with Gasteiger partial charge in [-0.15, -0.1) is 0 Å². The van der Waals surface area contributed by atoms with E-state index in [1.165, 1.54) is 0 Å². The molecule has 2 saturated carbocycles. The molecule has 0 aromatic rings. The van der Waals surface area contributed by atoms with Crippen molar-refractivity contribution in [2.75, 3.05) is 6.61 Å². The maximum Gasteiger partial charge on any atom is 0.334 e. The van der Waals surface area contributed by atoms with Gasteiger partial charge >= 0.3 is 5.97 Å². The summed E-state index contributed by atoms with van der Waals surface area (Å²) in [5.74, 6) is -0.423. The predicted molar refractivity (Wildman–Crippen MR) is 69.1 cm³/mol. The summed E-state index contributed by atoms with van der Waals surface area (Å²) in [5.41, 5.74) is 1.65.